The van der Waals surface area contributed by atoms with Gasteiger partial charge < -0.3 is 5.11 Å². The van der Waals surface area contributed by atoms with Crippen molar-refractivity contribution >= 4 is 16.1 Å². The Morgan fingerprint density at radius 1 is 1.24 bits per heavy atom. The summed E-state index contributed by atoms with van der Waals surface area (Å²) >= 11 is 0. The van der Waals surface area contributed by atoms with Crippen LogP contribution >= 0.6 is 0 Å². The third-order valence-electron chi connectivity index (χ3n) is 4.03. The van der Waals surface area contributed by atoms with Crippen molar-refractivity contribution < 1.29 is 13.5 Å². The Morgan fingerprint density at radius 3 is 2.57 bits per heavy atom. The molecule has 4 nitrogen and oxygen atoms in total. The molecule has 1 aliphatic carbocycles. The molecule has 0 spiro atoms. The third-order valence-corrected chi connectivity index (χ3v) is 5.52. The monoisotopic (exact) mass is 309 g/mol. The second-order valence-corrected chi connectivity index (χ2v) is 7.58. The maximum Gasteiger partial charge on any atom is 0.235 e. The topological polar surface area (TPSA) is 57.6 Å². The van der Waals surface area contributed by atoms with Gasteiger partial charge in [-0.2, -0.15) is 0 Å². The zero-order chi connectivity index (χ0) is 15.3. The van der Waals surface area contributed by atoms with Crippen LogP contribution in [-0.4, -0.2) is 37.5 Å². The summed E-state index contributed by atoms with van der Waals surface area (Å²) < 4.78 is 25.8. The summed E-state index contributed by atoms with van der Waals surface area (Å²) in [6, 6.07) is 9.35. The van der Waals surface area contributed by atoms with Gasteiger partial charge in [-0.25, -0.2) is 12.7 Å². The number of sulfonamides is 1. The van der Waals surface area contributed by atoms with Crippen LogP contribution in [0.1, 0.15) is 31.2 Å². The van der Waals surface area contributed by atoms with Crippen LogP contribution in [0.2, 0.25) is 0 Å². The van der Waals surface area contributed by atoms with Crippen LogP contribution in [0.25, 0.3) is 6.08 Å². The van der Waals surface area contributed by atoms with Crippen molar-refractivity contribution in [3.05, 3.63) is 41.3 Å². The van der Waals surface area contributed by atoms with Gasteiger partial charge >= 0.3 is 0 Å². The minimum absolute atomic E-state index is 0.0450. The molecule has 0 amide bonds. The fraction of sp³-hybridized carbons (Fsp3) is 0.500. The first-order chi connectivity index (χ1) is 9.99. The van der Waals surface area contributed by atoms with E-state index in [1.54, 1.807) is 13.1 Å². The Balaban J connectivity index is 2.00. The first-order valence-electron chi connectivity index (χ1n) is 7.36. The van der Waals surface area contributed by atoms with E-state index in [1.807, 2.05) is 30.3 Å². The summed E-state index contributed by atoms with van der Waals surface area (Å²) in [7, 11) is -1.86. The van der Waals surface area contributed by atoms with Gasteiger partial charge in [-0.1, -0.05) is 43.2 Å². The van der Waals surface area contributed by atoms with Crippen LogP contribution in [0.3, 0.4) is 0 Å². The highest BCUT2D eigenvalue weighted by molar-refractivity contribution is 7.92. The number of nitrogens with zero attached hydrogens (tertiary/aromatic N) is 1. The summed E-state index contributed by atoms with van der Waals surface area (Å²) in [5, 5.41) is 11.2. The van der Waals surface area contributed by atoms with Gasteiger partial charge in [-0.15, -0.1) is 0 Å². The molecular formula is C16H23NO3S. The van der Waals surface area contributed by atoms with Crippen molar-refractivity contribution in [2.75, 3.05) is 13.6 Å². The SMILES string of the molecule is CN(CC1CCCCC1O)S(=O)(=O)/C=C/c1ccccc1. The molecule has 116 valence electrons. The number of hydrogen-bond acceptors (Lipinski definition) is 3. The van der Waals surface area contributed by atoms with Gasteiger partial charge in [-0.05, 0) is 30.4 Å². The van der Waals surface area contributed by atoms with Crippen LogP contribution in [0, 0.1) is 5.92 Å². The van der Waals surface area contributed by atoms with Crippen molar-refractivity contribution in [1.29, 1.82) is 0 Å². The van der Waals surface area contributed by atoms with Crippen LogP contribution in [-0.2, 0) is 10.0 Å². The average Bonchev–Trinajstić information content (AvgIpc) is 2.48. The van der Waals surface area contributed by atoms with Gasteiger partial charge in [0.15, 0.2) is 0 Å². The fourth-order valence-corrected chi connectivity index (χ4v) is 3.60. The minimum Gasteiger partial charge on any atom is -0.393 e. The highest BCUT2D eigenvalue weighted by Gasteiger charge is 2.27. The molecule has 2 unspecified atom stereocenters. The lowest BCUT2D eigenvalue weighted by Crippen LogP contribution is -2.37. The molecule has 1 aromatic rings. The highest BCUT2D eigenvalue weighted by Crippen LogP contribution is 2.25. The normalized spacial score (nSPS) is 23.8. The van der Waals surface area contributed by atoms with E-state index in [4.69, 9.17) is 0 Å². The minimum atomic E-state index is -3.44. The van der Waals surface area contributed by atoms with Gasteiger partial charge in [0.2, 0.25) is 10.0 Å². The van der Waals surface area contributed by atoms with Crippen LogP contribution in [0.5, 0.6) is 0 Å². The molecule has 0 saturated heterocycles. The Kier molecular flexibility index (Phi) is 5.56. The van der Waals surface area contributed by atoms with E-state index in [9.17, 15) is 13.5 Å². The molecule has 0 aliphatic heterocycles. The molecule has 1 N–H and O–H groups in total. The molecular weight excluding hydrogens is 286 g/mol. The molecule has 2 atom stereocenters. The fourth-order valence-electron chi connectivity index (χ4n) is 2.67. The summed E-state index contributed by atoms with van der Waals surface area (Å²) in [5.41, 5.74) is 0.854. The van der Waals surface area contributed by atoms with E-state index in [1.165, 1.54) is 9.71 Å². The van der Waals surface area contributed by atoms with Crippen molar-refractivity contribution in [2.45, 2.75) is 31.8 Å². The zero-order valence-corrected chi connectivity index (χ0v) is 13.2. The second-order valence-electron chi connectivity index (χ2n) is 5.65. The number of benzene rings is 1. The Hall–Kier alpha value is -1.17. The average molecular weight is 309 g/mol. The van der Waals surface area contributed by atoms with E-state index in [0.717, 1.165) is 31.2 Å². The Bertz CT molecular complexity index is 568. The molecule has 0 bridgehead atoms. The van der Waals surface area contributed by atoms with Crippen LogP contribution < -0.4 is 0 Å². The molecule has 1 aliphatic rings. The molecule has 0 heterocycles. The van der Waals surface area contributed by atoms with Gasteiger partial charge in [0.1, 0.15) is 0 Å². The highest BCUT2D eigenvalue weighted by atomic mass is 32.2. The van der Waals surface area contributed by atoms with E-state index < -0.39 is 10.0 Å². The van der Waals surface area contributed by atoms with Crippen molar-refractivity contribution in [1.82, 2.24) is 4.31 Å². The summed E-state index contributed by atoms with van der Waals surface area (Å²) in [4.78, 5) is 0. The zero-order valence-electron chi connectivity index (χ0n) is 12.4. The van der Waals surface area contributed by atoms with Gasteiger partial charge in [0.25, 0.3) is 0 Å². The summed E-state index contributed by atoms with van der Waals surface area (Å²) in [5.74, 6) is 0.0450. The molecule has 1 aromatic carbocycles. The maximum absolute atomic E-state index is 12.2. The van der Waals surface area contributed by atoms with Crippen LogP contribution in [0.4, 0.5) is 0 Å². The quantitative estimate of drug-likeness (QED) is 0.909. The summed E-state index contributed by atoms with van der Waals surface area (Å²) in [6.07, 6.45) is 4.98. The molecule has 21 heavy (non-hydrogen) atoms. The largest absolute Gasteiger partial charge is 0.393 e. The van der Waals surface area contributed by atoms with E-state index in [-0.39, 0.29) is 12.0 Å². The Morgan fingerprint density at radius 2 is 1.90 bits per heavy atom. The maximum atomic E-state index is 12.2. The van der Waals surface area contributed by atoms with Gasteiger partial charge in [-0.3, -0.25) is 0 Å². The molecule has 0 radical (unpaired) electrons. The molecule has 2 rings (SSSR count). The lowest BCUT2D eigenvalue weighted by Gasteiger charge is -2.30. The predicted molar refractivity (Wildman–Crippen MR) is 85.0 cm³/mol. The van der Waals surface area contributed by atoms with Crippen LogP contribution in [0.15, 0.2) is 35.7 Å². The number of rotatable bonds is 5. The number of hydrogen-bond donors (Lipinski definition) is 1. The Labute approximate surface area is 127 Å². The summed E-state index contributed by atoms with van der Waals surface area (Å²) in [6.45, 7) is 0.378. The van der Waals surface area contributed by atoms with E-state index in [0.29, 0.717) is 6.54 Å². The van der Waals surface area contributed by atoms with Crippen molar-refractivity contribution in [3.8, 4) is 0 Å². The number of aliphatic hydroxyl groups is 1. The molecule has 1 saturated carbocycles. The predicted octanol–water partition coefficient (Wildman–Crippen LogP) is 2.47. The van der Waals surface area contributed by atoms with Gasteiger partial charge in [0, 0.05) is 19.0 Å². The molecule has 5 heteroatoms. The third kappa shape index (κ3) is 4.66. The van der Waals surface area contributed by atoms with E-state index in [2.05, 4.69) is 0 Å². The molecule has 0 aromatic heterocycles. The lowest BCUT2D eigenvalue weighted by molar-refractivity contribution is 0.0622. The van der Waals surface area contributed by atoms with Crippen molar-refractivity contribution in [2.24, 2.45) is 5.92 Å². The van der Waals surface area contributed by atoms with Gasteiger partial charge in [0.05, 0.1) is 6.10 Å². The van der Waals surface area contributed by atoms with E-state index >= 15 is 0 Å². The van der Waals surface area contributed by atoms with Crippen molar-refractivity contribution in [3.63, 3.8) is 0 Å². The number of aliphatic hydroxyl groups excluding tert-OH is 1. The smallest absolute Gasteiger partial charge is 0.235 e. The second kappa shape index (κ2) is 7.20. The first-order valence-corrected chi connectivity index (χ1v) is 8.87. The standard InChI is InChI=1S/C16H23NO3S/c1-17(13-15-9-5-6-10-16(15)18)21(19,20)12-11-14-7-3-2-4-8-14/h2-4,7-8,11-12,15-16,18H,5-6,9-10,13H2,1H3/b12-11+. The first kappa shape index (κ1) is 16.2. The lowest BCUT2D eigenvalue weighted by atomic mass is 9.86. The molecule has 1 fully saturated rings.